The summed E-state index contributed by atoms with van der Waals surface area (Å²) in [7, 11) is -3.12. The number of nitrogens with one attached hydrogen (secondary N) is 1. The molecular weight excluding hydrogens is 164 g/mol. The minimum absolute atomic E-state index is 0.0422. The summed E-state index contributed by atoms with van der Waals surface area (Å²) in [5.74, 6) is 0. The van der Waals surface area contributed by atoms with E-state index in [0.717, 1.165) is 6.42 Å². The van der Waals surface area contributed by atoms with Gasteiger partial charge in [-0.05, 0) is 13.3 Å². The highest BCUT2D eigenvalue weighted by Crippen LogP contribution is 2.10. The Labute approximate surface area is 67.8 Å². The molecule has 66 valence electrons. The molecule has 0 aliphatic carbocycles. The average molecular weight is 178 g/mol. The zero-order valence-electron chi connectivity index (χ0n) is 6.87. The quantitative estimate of drug-likeness (QED) is 0.613. The number of hydrogen-bond acceptors (Lipinski definition) is 2. The molecule has 0 aromatic heterocycles. The normalized spacial score (nSPS) is 21.6. The van der Waals surface area contributed by atoms with E-state index in [4.69, 9.17) is 0 Å². The third-order valence-electron chi connectivity index (χ3n) is 1.71. The van der Waals surface area contributed by atoms with Gasteiger partial charge in [0.25, 0.3) is 10.2 Å². The van der Waals surface area contributed by atoms with Crippen molar-refractivity contribution in [2.45, 2.75) is 26.3 Å². The largest absolute Gasteiger partial charge is 0.279 e. The lowest BCUT2D eigenvalue weighted by Gasteiger charge is -2.11. The molecule has 0 saturated carbocycles. The number of rotatable bonds is 4. The van der Waals surface area contributed by atoms with Gasteiger partial charge in [-0.25, -0.2) is 0 Å². The van der Waals surface area contributed by atoms with E-state index in [1.807, 2.05) is 13.8 Å². The Morgan fingerprint density at radius 2 is 2.09 bits per heavy atom. The van der Waals surface area contributed by atoms with Crippen molar-refractivity contribution in [3.8, 4) is 0 Å². The third kappa shape index (κ3) is 2.43. The van der Waals surface area contributed by atoms with Crippen LogP contribution in [0.15, 0.2) is 0 Å². The van der Waals surface area contributed by atoms with Crippen molar-refractivity contribution in [1.82, 2.24) is 9.03 Å². The predicted molar refractivity (Wildman–Crippen MR) is 43.4 cm³/mol. The molecule has 1 fully saturated rings. The highest BCUT2D eigenvalue weighted by molar-refractivity contribution is 7.87. The van der Waals surface area contributed by atoms with Crippen molar-refractivity contribution < 1.29 is 8.42 Å². The van der Waals surface area contributed by atoms with Crippen molar-refractivity contribution in [2.75, 3.05) is 13.1 Å². The fourth-order valence-corrected chi connectivity index (χ4v) is 2.08. The van der Waals surface area contributed by atoms with Gasteiger partial charge in [0.1, 0.15) is 0 Å². The van der Waals surface area contributed by atoms with Crippen molar-refractivity contribution in [3.05, 3.63) is 0 Å². The van der Waals surface area contributed by atoms with E-state index in [1.54, 1.807) is 0 Å². The molecule has 11 heavy (non-hydrogen) atoms. The van der Waals surface area contributed by atoms with E-state index in [2.05, 4.69) is 4.72 Å². The van der Waals surface area contributed by atoms with Gasteiger partial charge in [0.15, 0.2) is 0 Å². The molecule has 4 nitrogen and oxygen atoms in total. The van der Waals surface area contributed by atoms with Crippen LogP contribution in [0.25, 0.3) is 0 Å². The van der Waals surface area contributed by atoms with E-state index < -0.39 is 10.2 Å². The van der Waals surface area contributed by atoms with E-state index in [9.17, 15) is 8.42 Å². The zero-order valence-corrected chi connectivity index (χ0v) is 7.69. The molecule has 0 aromatic carbocycles. The van der Waals surface area contributed by atoms with Crippen LogP contribution in [0.2, 0.25) is 0 Å². The number of nitrogens with zero attached hydrogens (tertiary/aromatic N) is 1. The Hall–Kier alpha value is -0.130. The van der Waals surface area contributed by atoms with Crippen LogP contribution in [0, 0.1) is 0 Å². The molecule has 0 bridgehead atoms. The molecule has 1 saturated heterocycles. The first kappa shape index (κ1) is 8.96. The Balaban J connectivity index is 2.46. The summed E-state index contributed by atoms with van der Waals surface area (Å²) in [5.41, 5.74) is 0. The molecule has 1 heterocycles. The summed E-state index contributed by atoms with van der Waals surface area (Å²) in [4.78, 5) is 0. The Kier molecular flexibility index (Phi) is 2.51. The second kappa shape index (κ2) is 3.08. The predicted octanol–water partition coefficient (Wildman–Crippen LogP) is -0.0651. The van der Waals surface area contributed by atoms with Gasteiger partial charge in [0, 0.05) is 19.1 Å². The molecular formula is C6H14N2O2S. The molecule has 5 heteroatoms. The van der Waals surface area contributed by atoms with Crippen LogP contribution in [-0.4, -0.2) is 31.9 Å². The maximum absolute atomic E-state index is 11.2. The minimum Gasteiger partial charge on any atom is -0.199 e. The van der Waals surface area contributed by atoms with E-state index in [0.29, 0.717) is 13.1 Å². The van der Waals surface area contributed by atoms with Gasteiger partial charge in [0.2, 0.25) is 0 Å². The van der Waals surface area contributed by atoms with Crippen LogP contribution in [0.1, 0.15) is 20.3 Å². The van der Waals surface area contributed by atoms with E-state index >= 15 is 0 Å². The van der Waals surface area contributed by atoms with Crippen molar-refractivity contribution in [1.29, 1.82) is 0 Å². The van der Waals surface area contributed by atoms with Gasteiger partial charge in [-0.3, -0.25) is 0 Å². The monoisotopic (exact) mass is 178 g/mol. The van der Waals surface area contributed by atoms with Crippen molar-refractivity contribution in [2.24, 2.45) is 0 Å². The van der Waals surface area contributed by atoms with Crippen molar-refractivity contribution in [3.63, 3.8) is 0 Å². The molecule has 0 aromatic rings. The summed E-state index contributed by atoms with van der Waals surface area (Å²) in [6.45, 7) is 5.16. The van der Waals surface area contributed by atoms with Crippen LogP contribution in [0.3, 0.4) is 0 Å². The van der Waals surface area contributed by atoms with Gasteiger partial charge in [0.05, 0.1) is 0 Å². The summed E-state index contributed by atoms with van der Waals surface area (Å²) >= 11 is 0. The van der Waals surface area contributed by atoms with Crippen LogP contribution in [-0.2, 0) is 10.2 Å². The fraction of sp³-hybridized carbons (Fsp3) is 1.00. The molecule has 0 spiro atoms. The lowest BCUT2D eigenvalue weighted by molar-refractivity contribution is 0.525. The second-order valence-electron chi connectivity index (χ2n) is 2.83. The molecule has 0 amide bonds. The second-order valence-corrected chi connectivity index (χ2v) is 4.53. The third-order valence-corrected chi connectivity index (χ3v) is 3.45. The Bertz CT molecular complexity index is 221. The van der Waals surface area contributed by atoms with Gasteiger partial charge >= 0.3 is 0 Å². The molecule has 1 rings (SSSR count). The first-order valence-corrected chi connectivity index (χ1v) is 5.27. The Morgan fingerprint density at radius 3 is 2.45 bits per heavy atom. The lowest BCUT2D eigenvalue weighted by Crippen LogP contribution is -2.36. The van der Waals surface area contributed by atoms with Gasteiger partial charge in [-0.2, -0.15) is 17.4 Å². The highest BCUT2D eigenvalue weighted by Gasteiger charge is 2.32. The lowest BCUT2D eigenvalue weighted by atomic mass is 10.3. The van der Waals surface area contributed by atoms with Gasteiger partial charge in [-0.15, -0.1) is 0 Å². The maximum Gasteiger partial charge on any atom is 0.279 e. The molecule has 1 aliphatic heterocycles. The SMILES string of the molecule is CCC(C)NS(=O)(=O)N1CC1. The van der Waals surface area contributed by atoms with Gasteiger partial charge < -0.3 is 0 Å². The van der Waals surface area contributed by atoms with Crippen LogP contribution in [0.5, 0.6) is 0 Å². The zero-order chi connectivity index (χ0) is 8.48. The summed E-state index contributed by atoms with van der Waals surface area (Å²) in [6, 6.07) is 0.0422. The first-order valence-electron chi connectivity index (χ1n) is 3.83. The van der Waals surface area contributed by atoms with Crippen LogP contribution >= 0.6 is 0 Å². The fourth-order valence-electron chi connectivity index (χ4n) is 0.693. The number of hydrogen-bond donors (Lipinski definition) is 1. The summed E-state index contributed by atoms with van der Waals surface area (Å²) < 4.78 is 26.3. The summed E-state index contributed by atoms with van der Waals surface area (Å²) in [6.07, 6.45) is 0.826. The van der Waals surface area contributed by atoms with E-state index in [1.165, 1.54) is 4.31 Å². The van der Waals surface area contributed by atoms with Gasteiger partial charge in [-0.1, -0.05) is 6.92 Å². The molecule has 1 unspecified atom stereocenters. The first-order chi connectivity index (χ1) is 5.06. The maximum atomic E-state index is 11.2. The standard InChI is InChI=1S/C6H14N2O2S/c1-3-6(2)7-11(9,10)8-4-5-8/h6-7H,3-5H2,1-2H3. The summed E-state index contributed by atoms with van der Waals surface area (Å²) in [5, 5.41) is 0. The van der Waals surface area contributed by atoms with E-state index in [-0.39, 0.29) is 6.04 Å². The van der Waals surface area contributed by atoms with Crippen LogP contribution < -0.4 is 4.72 Å². The molecule has 1 atom stereocenters. The molecule has 1 aliphatic rings. The molecule has 1 N–H and O–H groups in total. The average Bonchev–Trinajstić information content (AvgIpc) is 2.66. The van der Waals surface area contributed by atoms with Crippen molar-refractivity contribution >= 4 is 10.2 Å². The topological polar surface area (TPSA) is 49.2 Å². The minimum atomic E-state index is -3.12. The highest BCUT2D eigenvalue weighted by atomic mass is 32.2. The smallest absolute Gasteiger partial charge is 0.199 e. The van der Waals surface area contributed by atoms with Crippen LogP contribution in [0.4, 0.5) is 0 Å². The Morgan fingerprint density at radius 1 is 1.55 bits per heavy atom. The molecule has 0 radical (unpaired) electrons.